The van der Waals surface area contributed by atoms with Crippen LogP contribution in [0.2, 0.25) is 0 Å². The van der Waals surface area contributed by atoms with Crippen LogP contribution in [0.3, 0.4) is 0 Å². The highest BCUT2D eigenvalue weighted by atomic mass is 32.1. The van der Waals surface area contributed by atoms with Crippen molar-refractivity contribution in [2.45, 2.75) is 6.92 Å². The highest BCUT2D eigenvalue weighted by Crippen LogP contribution is 2.29. The summed E-state index contributed by atoms with van der Waals surface area (Å²) in [6, 6.07) is 8.99. The molecule has 2 N–H and O–H groups in total. The van der Waals surface area contributed by atoms with Crippen molar-refractivity contribution in [1.29, 1.82) is 0 Å². The van der Waals surface area contributed by atoms with E-state index in [1.165, 1.54) is 18.3 Å². The van der Waals surface area contributed by atoms with Gasteiger partial charge < -0.3 is 20.3 Å². The lowest BCUT2D eigenvalue weighted by Gasteiger charge is -2.29. The quantitative estimate of drug-likeness (QED) is 0.703. The van der Waals surface area contributed by atoms with Gasteiger partial charge in [-0.3, -0.25) is 9.59 Å². The van der Waals surface area contributed by atoms with Crippen LogP contribution in [0.15, 0.2) is 36.5 Å². The Hall–Kier alpha value is -3.04. The Kier molecular flexibility index (Phi) is 5.18. The normalized spacial score (nSPS) is 14.1. The van der Waals surface area contributed by atoms with Gasteiger partial charge in [-0.2, -0.15) is 0 Å². The van der Waals surface area contributed by atoms with Crippen LogP contribution in [-0.2, 0) is 9.53 Å². The van der Waals surface area contributed by atoms with E-state index in [0.29, 0.717) is 48.5 Å². The van der Waals surface area contributed by atoms with Crippen molar-refractivity contribution in [3.63, 3.8) is 0 Å². The van der Waals surface area contributed by atoms with Crippen LogP contribution in [0.1, 0.15) is 17.3 Å². The van der Waals surface area contributed by atoms with Crippen LogP contribution in [0.4, 0.5) is 16.6 Å². The van der Waals surface area contributed by atoms with Crippen LogP contribution < -0.4 is 15.5 Å². The lowest BCUT2D eigenvalue weighted by atomic mass is 10.2. The van der Waals surface area contributed by atoms with E-state index < -0.39 is 0 Å². The van der Waals surface area contributed by atoms with E-state index in [1.807, 2.05) is 12.1 Å². The number of fused-ring (bicyclic) bond motifs is 1. The van der Waals surface area contributed by atoms with Crippen LogP contribution in [-0.4, -0.2) is 48.1 Å². The number of morpholine rings is 1. The topological polar surface area (TPSA) is 96.5 Å². The third kappa shape index (κ3) is 3.95. The van der Waals surface area contributed by atoms with Crippen molar-refractivity contribution in [3.8, 4) is 0 Å². The summed E-state index contributed by atoms with van der Waals surface area (Å²) in [6.45, 7) is 4.09. The fraction of sp³-hybridized carbons (Fsp3) is 0.263. The molecule has 8 nitrogen and oxygen atoms in total. The summed E-state index contributed by atoms with van der Waals surface area (Å²) in [5.41, 5.74) is 1.95. The first-order valence-corrected chi connectivity index (χ1v) is 9.69. The minimum atomic E-state index is -0.222. The molecule has 4 rings (SSSR count). The van der Waals surface area contributed by atoms with Crippen LogP contribution in [0, 0.1) is 0 Å². The van der Waals surface area contributed by atoms with Gasteiger partial charge in [-0.1, -0.05) is 11.3 Å². The Morgan fingerprint density at radius 1 is 1.18 bits per heavy atom. The van der Waals surface area contributed by atoms with Gasteiger partial charge in [0.15, 0.2) is 5.13 Å². The van der Waals surface area contributed by atoms with Crippen LogP contribution in [0.25, 0.3) is 10.2 Å². The van der Waals surface area contributed by atoms with Crippen molar-refractivity contribution >= 4 is 50.0 Å². The third-order valence-corrected chi connectivity index (χ3v) is 5.20. The molecule has 2 amide bonds. The highest BCUT2D eigenvalue weighted by Gasteiger charge is 2.20. The molecule has 0 aliphatic carbocycles. The number of pyridine rings is 1. The Balaban J connectivity index is 1.56. The Bertz CT molecular complexity index is 1030. The molecule has 3 heterocycles. The van der Waals surface area contributed by atoms with Crippen LogP contribution in [0.5, 0.6) is 0 Å². The zero-order valence-corrected chi connectivity index (χ0v) is 16.1. The van der Waals surface area contributed by atoms with E-state index >= 15 is 0 Å². The maximum absolute atomic E-state index is 12.9. The van der Waals surface area contributed by atoms with E-state index in [2.05, 4.69) is 25.5 Å². The monoisotopic (exact) mass is 397 g/mol. The molecule has 0 saturated carbocycles. The standard InChI is InChI=1S/C19H19N5O3S/c1-12(25)21-19-23-15-5-4-13(11-16(15)28-19)22-18(26)14-3-2-6-20-17(14)24-7-9-27-10-8-24/h2-6,11H,7-10H2,1H3,(H,22,26)(H,21,23,25). The summed E-state index contributed by atoms with van der Waals surface area (Å²) < 4.78 is 6.26. The van der Waals surface area contributed by atoms with E-state index in [1.54, 1.807) is 24.4 Å². The second-order valence-corrected chi connectivity index (χ2v) is 7.34. The van der Waals surface area contributed by atoms with Crippen molar-refractivity contribution in [2.24, 2.45) is 0 Å². The summed E-state index contributed by atoms with van der Waals surface area (Å²) in [7, 11) is 0. The number of carbonyl (C=O) groups is 2. The average Bonchev–Trinajstić information content (AvgIpc) is 3.09. The molecule has 144 valence electrons. The molecule has 1 aliphatic heterocycles. The number of anilines is 3. The van der Waals surface area contributed by atoms with E-state index in [9.17, 15) is 9.59 Å². The molecule has 0 spiro atoms. The zero-order valence-electron chi connectivity index (χ0n) is 15.3. The molecule has 3 aromatic rings. The van der Waals surface area contributed by atoms with Crippen molar-refractivity contribution in [2.75, 3.05) is 41.8 Å². The molecule has 1 aromatic carbocycles. The number of amides is 2. The summed E-state index contributed by atoms with van der Waals surface area (Å²) >= 11 is 1.36. The van der Waals surface area contributed by atoms with Crippen molar-refractivity contribution in [1.82, 2.24) is 9.97 Å². The molecule has 0 unspecified atom stereocenters. The van der Waals surface area contributed by atoms with Gasteiger partial charge in [0.2, 0.25) is 5.91 Å². The van der Waals surface area contributed by atoms with Crippen molar-refractivity contribution in [3.05, 3.63) is 42.1 Å². The molecule has 28 heavy (non-hydrogen) atoms. The minimum absolute atomic E-state index is 0.167. The summed E-state index contributed by atoms with van der Waals surface area (Å²) in [4.78, 5) is 34.9. The Morgan fingerprint density at radius 3 is 2.79 bits per heavy atom. The number of hydrogen-bond acceptors (Lipinski definition) is 7. The number of nitrogens with zero attached hydrogens (tertiary/aromatic N) is 3. The predicted octanol–water partition coefficient (Wildman–Crippen LogP) is 2.74. The maximum Gasteiger partial charge on any atom is 0.259 e. The second kappa shape index (κ2) is 7.91. The van der Waals surface area contributed by atoms with Gasteiger partial charge in [-0.25, -0.2) is 9.97 Å². The number of thiazole rings is 1. The molecule has 0 atom stereocenters. The lowest BCUT2D eigenvalue weighted by Crippen LogP contribution is -2.38. The molecule has 9 heteroatoms. The highest BCUT2D eigenvalue weighted by molar-refractivity contribution is 7.22. The number of ether oxygens (including phenoxy) is 1. The maximum atomic E-state index is 12.9. The first-order valence-electron chi connectivity index (χ1n) is 8.87. The number of aromatic nitrogens is 2. The van der Waals surface area contributed by atoms with Crippen molar-refractivity contribution < 1.29 is 14.3 Å². The fourth-order valence-corrected chi connectivity index (χ4v) is 3.96. The summed E-state index contributed by atoms with van der Waals surface area (Å²) in [5.74, 6) is 0.274. The largest absolute Gasteiger partial charge is 0.378 e. The molecular weight excluding hydrogens is 378 g/mol. The molecule has 2 aromatic heterocycles. The SMILES string of the molecule is CC(=O)Nc1nc2ccc(NC(=O)c3cccnc3N3CCOCC3)cc2s1. The minimum Gasteiger partial charge on any atom is -0.378 e. The van der Waals surface area contributed by atoms with Gasteiger partial charge >= 0.3 is 0 Å². The van der Waals surface area contributed by atoms with Gasteiger partial charge in [0.1, 0.15) is 5.82 Å². The van der Waals surface area contributed by atoms with E-state index in [4.69, 9.17) is 4.74 Å². The first-order chi connectivity index (χ1) is 13.6. The molecular formula is C19H19N5O3S. The average molecular weight is 397 g/mol. The van der Waals surface area contributed by atoms with Gasteiger partial charge in [0.05, 0.1) is 29.0 Å². The number of rotatable bonds is 4. The lowest BCUT2D eigenvalue weighted by molar-refractivity contribution is -0.114. The molecule has 1 saturated heterocycles. The van der Waals surface area contributed by atoms with Crippen LogP contribution >= 0.6 is 11.3 Å². The van der Waals surface area contributed by atoms with E-state index in [-0.39, 0.29) is 11.8 Å². The smallest absolute Gasteiger partial charge is 0.259 e. The van der Waals surface area contributed by atoms with E-state index in [0.717, 1.165) is 10.2 Å². The third-order valence-electron chi connectivity index (χ3n) is 4.27. The number of nitrogens with one attached hydrogen (secondary N) is 2. The second-order valence-electron chi connectivity index (χ2n) is 6.31. The first kappa shape index (κ1) is 18.3. The number of carbonyl (C=O) groups excluding carboxylic acids is 2. The summed E-state index contributed by atoms with van der Waals surface area (Å²) in [5, 5.41) is 6.15. The Labute approximate surface area is 165 Å². The van der Waals surface area contributed by atoms with Gasteiger partial charge in [-0.05, 0) is 30.3 Å². The number of hydrogen-bond donors (Lipinski definition) is 2. The van der Waals surface area contributed by atoms with Gasteiger partial charge in [0, 0.05) is 31.9 Å². The number of benzene rings is 1. The molecule has 0 radical (unpaired) electrons. The molecule has 1 fully saturated rings. The fourth-order valence-electron chi connectivity index (χ4n) is 3.01. The van der Waals surface area contributed by atoms with Gasteiger partial charge in [0.25, 0.3) is 5.91 Å². The summed E-state index contributed by atoms with van der Waals surface area (Å²) in [6.07, 6.45) is 1.69. The Morgan fingerprint density at radius 2 is 2.00 bits per heavy atom. The predicted molar refractivity (Wildman–Crippen MR) is 109 cm³/mol. The molecule has 0 bridgehead atoms. The zero-order chi connectivity index (χ0) is 19.5. The molecule has 1 aliphatic rings. The van der Waals surface area contributed by atoms with Gasteiger partial charge in [-0.15, -0.1) is 0 Å².